The molecule has 1 aliphatic rings. The Hall–Kier alpha value is -3.62. The van der Waals surface area contributed by atoms with Crippen molar-refractivity contribution >= 4 is 23.0 Å². The Labute approximate surface area is 264 Å². The molecule has 5 rings (SSSR count). The third-order valence-corrected chi connectivity index (χ3v) is 9.28. The predicted molar refractivity (Wildman–Crippen MR) is 176 cm³/mol. The molecular weight excluding hydrogens is 573 g/mol. The fraction of sp³-hybridized carbons (Fsp3) is 0.417. The summed E-state index contributed by atoms with van der Waals surface area (Å²) in [6, 6.07) is 14.9. The van der Waals surface area contributed by atoms with Crippen LogP contribution < -0.4 is 4.90 Å². The van der Waals surface area contributed by atoms with Gasteiger partial charge < -0.3 is 14.7 Å². The van der Waals surface area contributed by atoms with Gasteiger partial charge in [-0.15, -0.1) is 11.3 Å². The van der Waals surface area contributed by atoms with Crippen LogP contribution in [-0.2, 0) is 16.0 Å². The molecule has 6 nitrogen and oxygen atoms in total. The van der Waals surface area contributed by atoms with Crippen LogP contribution in [0, 0.1) is 25.1 Å². The van der Waals surface area contributed by atoms with E-state index in [1.54, 1.807) is 23.5 Å². The first-order valence-electron chi connectivity index (χ1n) is 15.2. The van der Waals surface area contributed by atoms with Crippen molar-refractivity contribution in [3.63, 3.8) is 0 Å². The number of rotatable bonds is 8. The van der Waals surface area contributed by atoms with Crippen LogP contribution in [0.25, 0.3) is 21.7 Å². The zero-order valence-corrected chi connectivity index (χ0v) is 27.5. The van der Waals surface area contributed by atoms with E-state index in [-0.39, 0.29) is 11.2 Å². The molecule has 2 aromatic carbocycles. The Morgan fingerprint density at radius 2 is 1.64 bits per heavy atom. The number of thiazole rings is 1. The maximum absolute atomic E-state index is 13.3. The lowest BCUT2D eigenvalue weighted by Crippen LogP contribution is -2.39. The fourth-order valence-electron chi connectivity index (χ4n) is 5.86. The summed E-state index contributed by atoms with van der Waals surface area (Å²) >= 11 is 1.62. The third-order valence-electron chi connectivity index (χ3n) is 8.24. The van der Waals surface area contributed by atoms with Gasteiger partial charge in [0.1, 0.15) is 10.8 Å². The molecule has 0 aliphatic carbocycles. The summed E-state index contributed by atoms with van der Waals surface area (Å²) in [6.07, 6.45) is 3.45. The Morgan fingerprint density at radius 1 is 1.02 bits per heavy atom. The number of aromatic nitrogens is 2. The quantitative estimate of drug-likeness (QED) is 0.214. The zero-order valence-electron chi connectivity index (χ0n) is 26.7. The first kappa shape index (κ1) is 31.8. The molecule has 1 atom stereocenters. The van der Waals surface area contributed by atoms with Crippen LogP contribution >= 0.6 is 11.3 Å². The van der Waals surface area contributed by atoms with E-state index >= 15 is 0 Å². The van der Waals surface area contributed by atoms with Crippen LogP contribution in [0.3, 0.4) is 0 Å². The number of halogens is 1. The Morgan fingerprint density at radius 3 is 2.23 bits per heavy atom. The van der Waals surface area contributed by atoms with Gasteiger partial charge in [0, 0.05) is 58.7 Å². The molecule has 44 heavy (non-hydrogen) atoms. The Bertz CT molecular complexity index is 1630. The number of carboxylic acid groups (broad SMARTS) is 1. The number of aliphatic carboxylic acids is 1. The number of carbonyl (C=O) groups is 1. The molecule has 1 saturated heterocycles. The van der Waals surface area contributed by atoms with Crippen LogP contribution in [0.1, 0.15) is 81.0 Å². The van der Waals surface area contributed by atoms with E-state index in [1.807, 2.05) is 40.8 Å². The van der Waals surface area contributed by atoms with E-state index in [1.165, 1.54) is 12.1 Å². The summed E-state index contributed by atoms with van der Waals surface area (Å²) < 4.78 is 19.5. The summed E-state index contributed by atoms with van der Waals surface area (Å²) in [5, 5.41) is 11.3. The highest BCUT2D eigenvalue weighted by Gasteiger charge is 2.36. The molecule has 3 heterocycles. The van der Waals surface area contributed by atoms with Gasteiger partial charge in [0.05, 0.1) is 11.3 Å². The maximum atomic E-state index is 13.3. The fourth-order valence-corrected chi connectivity index (χ4v) is 6.81. The molecule has 2 aromatic heterocycles. The number of carboxylic acids is 1. The summed E-state index contributed by atoms with van der Waals surface area (Å²) in [5.74, 6) is -1.26. The molecule has 0 bridgehead atoms. The number of anilines is 1. The first-order chi connectivity index (χ1) is 20.7. The van der Waals surface area contributed by atoms with Crippen LogP contribution in [0.4, 0.5) is 10.1 Å². The number of pyridine rings is 1. The lowest BCUT2D eigenvalue weighted by atomic mass is 9.81. The van der Waals surface area contributed by atoms with Gasteiger partial charge in [-0.3, -0.25) is 4.98 Å². The van der Waals surface area contributed by atoms with Gasteiger partial charge in [-0.05, 0) is 76.1 Å². The van der Waals surface area contributed by atoms with Crippen molar-refractivity contribution in [2.24, 2.45) is 5.41 Å². The zero-order chi connectivity index (χ0) is 31.8. The number of aryl methyl sites for hydroxylation is 2. The molecule has 0 radical (unpaired) electrons. The van der Waals surface area contributed by atoms with Crippen molar-refractivity contribution in [1.29, 1.82) is 0 Å². The molecule has 1 fully saturated rings. The highest BCUT2D eigenvalue weighted by Crippen LogP contribution is 2.45. The number of ether oxygens (including phenoxy) is 1. The van der Waals surface area contributed by atoms with Gasteiger partial charge in [0.25, 0.3) is 0 Å². The first-order valence-corrected chi connectivity index (χ1v) is 16.0. The molecule has 1 N–H and O–H groups in total. The van der Waals surface area contributed by atoms with Gasteiger partial charge in [-0.1, -0.05) is 50.2 Å². The standard InChI is InChI=1S/C36H42FN3O3S/c1-22-29(25-10-12-26(13-11-25)33-38-21-28(44-33)20-24-8-14-27(37)15-9-24)31(40-18-16-36(6,7)17-19-40)30(23(2)39-22)32(34(41)42)43-35(3,4)5/h8-15,21,32H,16-20H2,1-7H3,(H,41,42)/t32-/m0/s1. The second-order valence-corrected chi connectivity index (χ2v) is 14.6. The minimum Gasteiger partial charge on any atom is -0.479 e. The molecule has 0 saturated carbocycles. The van der Waals surface area contributed by atoms with Gasteiger partial charge in [0.15, 0.2) is 6.10 Å². The number of benzene rings is 2. The Balaban J connectivity index is 1.55. The van der Waals surface area contributed by atoms with Crippen molar-refractivity contribution in [2.75, 3.05) is 18.0 Å². The van der Waals surface area contributed by atoms with E-state index in [9.17, 15) is 14.3 Å². The van der Waals surface area contributed by atoms with Crippen molar-refractivity contribution in [3.05, 3.63) is 87.9 Å². The van der Waals surface area contributed by atoms with Crippen molar-refractivity contribution in [2.45, 2.75) is 79.4 Å². The second-order valence-electron chi connectivity index (χ2n) is 13.5. The van der Waals surface area contributed by atoms with Gasteiger partial charge in [-0.2, -0.15) is 0 Å². The van der Waals surface area contributed by atoms with Crippen molar-refractivity contribution < 1.29 is 19.0 Å². The Kier molecular flexibility index (Phi) is 8.96. The molecule has 0 spiro atoms. The molecule has 232 valence electrons. The molecule has 1 aliphatic heterocycles. The van der Waals surface area contributed by atoms with Crippen molar-refractivity contribution in [3.8, 4) is 21.7 Å². The molecular formula is C36H42FN3O3S. The summed E-state index contributed by atoms with van der Waals surface area (Å²) in [6.45, 7) is 15.8. The predicted octanol–water partition coefficient (Wildman–Crippen LogP) is 8.79. The van der Waals surface area contributed by atoms with Crippen LogP contribution in [0.15, 0.2) is 54.7 Å². The van der Waals surface area contributed by atoms with Crippen LogP contribution in [0.2, 0.25) is 0 Å². The second kappa shape index (κ2) is 12.4. The van der Waals surface area contributed by atoms with Gasteiger partial charge >= 0.3 is 5.97 Å². The molecule has 8 heteroatoms. The van der Waals surface area contributed by atoms with E-state index in [0.717, 1.165) is 69.5 Å². The minimum atomic E-state index is -1.15. The summed E-state index contributed by atoms with van der Waals surface area (Å²) in [4.78, 5) is 25.8. The van der Waals surface area contributed by atoms with Gasteiger partial charge in [-0.25, -0.2) is 14.2 Å². The molecule has 0 amide bonds. The smallest absolute Gasteiger partial charge is 0.337 e. The summed E-state index contributed by atoms with van der Waals surface area (Å²) in [7, 11) is 0. The minimum absolute atomic E-state index is 0.229. The third kappa shape index (κ3) is 7.19. The molecule has 4 aromatic rings. The number of nitrogens with zero attached hydrogens (tertiary/aromatic N) is 3. The number of hydrogen-bond donors (Lipinski definition) is 1. The number of piperidine rings is 1. The van der Waals surface area contributed by atoms with Gasteiger partial charge in [0.2, 0.25) is 0 Å². The lowest BCUT2D eigenvalue weighted by Gasteiger charge is -2.41. The van der Waals surface area contributed by atoms with Crippen LogP contribution in [-0.4, -0.2) is 39.7 Å². The van der Waals surface area contributed by atoms with Crippen molar-refractivity contribution in [1.82, 2.24) is 9.97 Å². The lowest BCUT2D eigenvalue weighted by molar-refractivity contribution is -0.160. The number of hydrogen-bond acceptors (Lipinski definition) is 6. The van der Waals surface area contributed by atoms with E-state index in [4.69, 9.17) is 9.72 Å². The highest BCUT2D eigenvalue weighted by atomic mass is 32.1. The average molecular weight is 616 g/mol. The summed E-state index contributed by atoms with van der Waals surface area (Å²) in [5.41, 5.74) is 6.60. The topological polar surface area (TPSA) is 75.6 Å². The van der Waals surface area contributed by atoms with E-state index < -0.39 is 17.7 Å². The SMILES string of the molecule is Cc1nc(C)c([C@H](OC(C)(C)C)C(=O)O)c(N2CCC(C)(C)CC2)c1-c1ccc(-c2ncc(Cc3ccc(F)cc3)s2)cc1. The van der Waals surface area contributed by atoms with E-state index in [2.05, 4.69) is 48.0 Å². The normalized spacial score (nSPS) is 15.8. The largest absolute Gasteiger partial charge is 0.479 e. The van der Waals surface area contributed by atoms with Crippen LogP contribution in [0.5, 0.6) is 0 Å². The average Bonchev–Trinajstić information content (AvgIpc) is 3.41. The van der Waals surface area contributed by atoms with E-state index in [0.29, 0.717) is 17.7 Å². The molecule has 0 unspecified atom stereocenters. The highest BCUT2D eigenvalue weighted by molar-refractivity contribution is 7.15. The maximum Gasteiger partial charge on any atom is 0.337 e. The monoisotopic (exact) mass is 615 g/mol.